The van der Waals surface area contributed by atoms with Crippen LogP contribution in [0.1, 0.15) is 23.7 Å². The van der Waals surface area contributed by atoms with E-state index in [4.69, 9.17) is 5.11 Å². The van der Waals surface area contributed by atoms with Crippen LogP contribution in [0.3, 0.4) is 0 Å². The Morgan fingerprint density at radius 1 is 1.20 bits per heavy atom. The van der Waals surface area contributed by atoms with Crippen molar-refractivity contribution in [2.24, 2.45) is 0 Å². The van der Waals surface area contributed by atoms with E-state index in [-0.39, 0.29) is 12.5 Å². The summed E-state index contributed by atoms with van der Waals surface area (Å²) in [5, 5.41) is 8.86. The van der Waals surface area contributed by atoms with Gasteiger partial charge < -0.3 is 10.0 Å². The third kappa shape index (κ3) is 3.09. The predicted octanol–water partition coefficient (Wildman–Crippen LogP) is 1.57. The number of rotatable bonds is 5. The van der Waals surface area contributed by atoms with Crippen LogP contribution >= 0.6 is 0 Å². The van der Waals surface area contributed by atoms with Gasteiger partial charge in [0.05, 0.1) is 11.0 Å². The van der Waals surface area contributed by atoms with Crippen molar-refractivity contribution in [1.82, 2.24) is 14.9 Å². The first-order valence-corrected chi connectivity index (χ1v) is 6.33. The Kier molecular flexibility index (Phi) is 4.24. The Balaban J connectivity index is 2.30. The van der Waals surface area contributed by atoms with E-state index < -0.39 is 5.97 Å². The molecular weight excluding hydrogens is 258 g/mol. The van der Waals surface area contributed by atoms with E-state index in [2.05, 4.69) is 9.97 Å². The molecule has 0 atom stereocenters. The first kappa shape index (κ1) is 13.9. The van der Waals surface area contributed by atoms with Crippen molar-refractivity contribution < 1.29 is 14.7 Å². The Hall–Kier alpha value is -2.50. The zero-order valence-electron chi connectivity index (χ0n) is 11.1. The zero-order chi connectivity index (χ0) is 14.5. The molecule has 0 fully saturated rings. The summed E-state index contributed by atoms with van der Waals surface area (Å²) in [6.07, 6.45) is 3.84. The third-order valence-corrected chi connectivity index (χ3v) is 2.82. The van der Waals surface area contributed by atoms with Crippen molar-refractivity contribution in [1.29, 1.82) is 0 Å². The highest BCUT2D eigenvalue weighted by molar-refractivity contribution is 5.98. The molecule has 0 saturated heterocycles. The van der Waals surface area contributed by atoms with E-state index in [1.807, 2.05) is 6.92 Å². The van der Waals surface area contributed by atoms with Crippen LogP contribution in [0, 0.1) is 0 Å². The van der Waals surface area contributed by atoms with Crippen LogP contribution in [0.15, 0.2) is 30.6 Å². The molecular formula is C14H15N3O3. The zero-order valence-corrected chi connectivity index (χ0v) is 11.1. The molecule has 1 aromatic heterocycles. The van der Waals surface area contributed by atoms with Gasteiger partial charge in [-0.1, -0.05) is 6.92 Å². The quantitative estimate of drug-likeness (QED) is 0.894. The van der Waals surface area contributed by atoms with Crippen LogP contribution < -0.4 is 0 Å². The van der Waals surface area contributed by atoms with Gasteiger partial charge in [-0.15, -0.1) is 0 Å². The lowest BCUT2D eigenvalue weighted by Crippen LogP contribution is -2.36. The van der Waals surface area contributed by atoms with Crippen LogP contribution in [-0.4, -0.2) is 44.9 Å². The van der Waals surface area contributed by atoms with Crippen LogP contribution in [0.4, 0.5) is 0 Å². The largest absolute Gasteiger partial charge is 0.480 e. The van der Waals surface area contributed by atoms with Crippen molar-refractivity contribution in [3.63, 3.8) is 0 Å². The fraction of sp³-hybridized carbons (Fsp3) is 0.286. The molecule has 6 nitrogen and oxygen atoms in total. The van der Waals surface area contributed by atoms with Crippen molar-refractivity contribution in [3.05, 3.63) is 36.2 Å². The molecule has 2 aromatic rings. The summed E-state index contributed by atoms with van der Waals surface area (Å²) in [6.45, 7) is 2.00. The summed E-state index contributed by atoms with van der Waals surface area (Å²) in [5.74, 6) is -1.32. The fourth-order valence-corrected chi connectivity index (χ4v) is 1.96. The number of nitrogens with zero attached hydrogens (tertiary/aromatic N) is 3. The summed E-state index contributed by atoms with van der Waals surface area (Å²) >= 11 is 0. The Morgan fingerprint density at radius 2 is 1.90 bits per heavy atom. The Bertz CT molecular complexity index is 642. The number of fused-ring (bicyclic) bond motifs is 1. The molecule has 0 bridgehead atoms. The van der Waals surface area contributed by atoms with Gasteiger partial charge in [0.25, 0.3) is 5.91 Å². The predicted molar refractivity (Wildman–Crippen MR) is 73.4 cm³/mol. The molecule has 0 unspecified atom stereocenters. The van der Waals surface area contributed by atoms with Crippen molar-refractivity contribution >= 4 is 22.9 Å². The first-order valence-electron chi connectivity index (χ1n) is 6.33. The SMILES string of the molecule is CCCN(CC(=O)O)C(=O)c1ccc2nccnc2c1. The highest BCUT2D eigenvalue weighted by Crippen LogP contribution is 2.13. The van der Waals surface area contributed by atoms with Gasteiger partial charge in [0.2, 0.25) is 0 Å². The lowest BCUT2D eigenvalue weighted by atomic mass is 10.1. The van der Waals surface area contributed by atoms with E-state index >= 15 is 0 Å². The maximum absolute atomic E-state index is 12.3. The second-order valence-electron chi connectivity index (χ2n) is 4.38. The molecule has 1 aromatic carbocycles. The number of benzene rings is 1. The number of aromatic nitrogens is 2. The molecule has 0 saturated carbocycles. The molecule has 2 rings (SSSR count). The minimum absolute atomic E-state index is 0.300. The monoisotopic (exact) mass is 273 g/mol. The van der Waals surface area contributed by atoms with Crippen molar-refractivity contribution in [3.8, 4) is 0 Å². The number of carboxylic acid groups (broad SMARTS) is 1. The van der Waals surface area contributed by atoms with E-state index in [0.29, 0.717) is 29.6 Å². The van der Waals surface area contributed by atoms with Crippen LogP contribution in [-0.2, 0) is 4.79 Å². The minimum atomic E-state index is -1.02. The van der Waals surface area contributed by atoms with Gasteiger partial charge in [-0.05, 0) is 24.6 Å². The summed E-state index contributed by atoms with van der Waals surface area (Å²) in [6, 6.07) is 4.99. The molecule has 1 heterocycles. The van der Waals surface area contributed by atoms with Crippen LogP contribution in [0.5, 0.6) is 0 Å². The highest BCUT2D eigenvalue weighted by atomic mass is 16.4. The molecule has 20 heavy (non-hydrogen) atoms. The number of carboxylic acids is 1. The molecule has 0 radical (unpaired) electrons. The van der Waals surface area contributed by atoms with Gasteiger partial charge in [-0.25, -0.2) is 0 Å². The molecule has 1 amide bonds. The van der Waals surface area contributed by atoms with Gasteiger partial charge in [0, 0.05) is 24.5 Å². The maximum atomic E-state index is 12.3. The molecule has 0 aliphatic rings. The molecule has 6 heteroatoms. The fourth-order valence-electron chi connectivity index (χ4n) is 1.96. The number of hydrogen-bond acceptors (Lipinski definition) is 4. The van der Waals surface area contributed by atoms with E-state index in [0.717, 1.165) is 0 Å². The van der Waals surface area contributed by atoms with Crippen LogP contribution in [0.2, 0.25) is 0 Å². The van der Waals surface area contributed by atoms with E-state index in [1.54, 1.807) is 30.6 Å². The topological polar surface area (TPSA) is 83.4 Å². The second-order valence-corrected chi connectivity index (χ2v) is 4.38. The molecule has 0 aliphatic heterocycles. The summed E-state index contributed by atoms with van der Waals surface area (Å²) in [5.41, 5.74) is 1.74. The maximum Gasteiger partial charge on any atom is 0.323 e. The number of aliphatic carboxylic acids is 1. The highest BCUT2D eigenvalue weighted by Gasteiger charge is 2.18. The average Bonchev–Trinajstić information content (AvgIpc) is 2.45. The molecule has 0 spiro atoms. The van der Waals surface area contributed by atoms with Gasteiger partial charge >= 0.3 is 5.97 Å². The molecule has 104 valence electrons. The second kappa shape index (κ2) is 6.10. The number of carbonyl (C=O) groups excluding carboxylic acids is 1. The normalized spacial score (nSPS) is 10.4. The Morgan fingerprint density at radius 3 is 2.55 bits per heavy atom. The average molecular weight is 273 g/mol. The van der Waals surface area contributed by atoms with Gasteiger partial charge in [0.1, 0.15) is 6.54 Å². The Labute approximate surface area is 116 Å². The summed E-state index contributed by atoms with van der Waals surface area (Å²) < 4.78 is 0. The minimum Gasteiger partial charge on any atom is -0.480 e. The summed E-state index contributed by atoms with van der Waals surface area (Å²) in [7, 11) is 0. The molecule has 1 N–H and O–H groups in total. The van der Waals surface area contributed by atoms with Crippen molar-refractivity contribution in [2.75, 3.05) is 13.1 Å². The first-order chi connectivity index (χ1) is 9.61. The van der Waals surface area contributed by atoms with E-state index in [9.17, 15) is 9.59 Å². The lowest BCUT2D eigenvalue weighted by molar-refractivity contribution is -0.137. The standard InChI is InChI=1S/C14H15N3O3/c1-2-7-17(9-13(18)19)14(20)10-3-4-11-12(8-10)16-6-5-15-11/h3-6,8H,2,7,9H2,1H3,(H,18,19). The molecule has 0 aliphatic carbocycles. The van der Waals surface area contributed by atoms with Gasteiger partial charge in [0.15, 0.2) is 0 Å². The smallest absolute Gasteiger partial charge is 0.323 e. The van der Waals surface area contributed by atoms with Crippen molar-refractivity contribution in [2.45, 2.75) is 13.3 Å². The van der Waals surface area contributed by atoms with Crippen LogP contribution in [0.25, 0.3) is 11.0 Å². The number of carbonyl (C=O) groups is 2. The number of amides is 1. The van der Waals surface area contributed by atoms with Gasteiger partial charge in [-0.3, -0.25) is 19.6 Å². The summed E-state index contributed by atoms with van der Waals surface area (Å²) in [4.78, 5) is 32.7. The number of hydrogen-bond donors (Lipinski definition) is 1. The third-order valence-electron chi connectivity index (χ3n) is 2.82. The van der Waals surface area contributed by atoms with Gasteiger partial charge in [-0.2, -0.15) is 0 Å². The lowest BCUT2D eigenvalue weighted by Gasteiger charge is -2.20. The van der Waals surface area contributed by atoms with E-state index in [1.165, 1.54) is 4.90 Å².